The quantitative estimate of drug-likeness (QED) is 0.217. The Balaban J connectivity index is 1.26. The first-order chi connectivity index (χ1) is 19.2. The van der Waals surface area contributed by atoms with Gasteiger partial charge < -0.3 is 9.80 Å². The van der Waals surface area contributed by atoms with E-state index in [1.165, 1.54) is 43.7 Å². The molecule has 0 radical (unpaired) electrons. The van der Waals surface area contributed by atoms with Crippen molar-refractivity contribution >= 4 is 60.8 Å². The summed E-state index contributed by atoms with van der Waals surface area (Å²) in [6.45, 7) is 0. The van der Waals surface area contributed by atoms with E-state index in [0.717, 1.165) is 17.1 Å². The topological polar surface area (TPSA) is 6.48 Å². The Bertz CT molecular complexity index is 1920. The van der Waals surface area contributed by atoms with Gasteiger partial charge in [-0.2, -0.15) is 0 Å². The molecule has 39 heavy (non-hydrogen) atoms. The van der Waals surface area contributed by atoms with Crippen molar-refractivity contribution in [3.8, 4) is 0 Å². The second-order valence-electron chi connectivity index (χ2n) is 9.98. The molecule has 2 heteroatoms. The van der Waals surface area contributed by atoms with Crippen LogP contribution in [0.25, 0.3) is 32.3 Å². The fraction of sp³-hybridized carbons (Fsp3) is 0.0270. The van der Waals surface area contributed by atoms with E-state index in [2.05, 4.69) is 169 Å². The van der Waals surface area contributed by atoms with E-state index in [-0.39, 0.29) is 0 Å². The molecule has 0 heterocycles. The molecule has 0 N–H and O–H groups in total. The molecule has 0 spiro atoms. The third kappa shape index (κ3) is 4.26. The summed E-state index contributed by atoms with van der Waals surface area (Å²) < 4.78 is 0. The Labute approximate surface area is 229 Å². The van der Waals surface area contributed by atoms with Gasteiger partial charge in [0.15, 0.2) is 0 Å². The van der Waals surface area contributed by atoms with Gasteiger partial charge in [0.25, 0.3) is 0 Å². The van der Waals surface area contributed by atoms with Crippen LogP contribution in [-0.2, 0) is 0 Å². The monoisotopic (exact) mass is 500 g/mol. The lowest BCUT2D eigenvalue weighted by Gasteiger charge is -2.28. The minimum atomic E-state index is 1.12. The van der Waals surface area contributed by atoms with Gasteiger partial charge in [0.05, 0.1) is 5.69 Å². The number of hydrogen-bond acceptors (Lipinski definition) is 2. The van der Waals surface area contributed by atoms with E-state index < -0.39 is 0 Å². The normalized spacial score (nSPS) is 11.2. The minimum absolute atomic E-state index is 1.12. The van der Waals surface area contributed by atoms with Gasteiger partial charge in [0.2, 0.25) is 0 Å². The molecule has 2 nitrogen and oxygen atoms in total. The van der Waals surface area contributed by atoms with Gasteiger partial charge in [-0.3, -0.25) is 0 Å². The summed E-state index contributed by atoms with van der Waals surface area (Å²) in [7, 11) is 2.14. The average molecular weight is 501 g/mol. The van der Waals surface area contributed by atoms with Crippen LogP contribution in [0.5, 0.6) is 0 Å². The summed E-state index contributed by atoms with van der Waals surface area (Å²) in [6.07, 6.45) is 0. The zero-order chi connectivity index (χ0) is 26.2. The fourth-order valence-electron chi connectivity index (χ4n) is 5.52. The molecule has 7 rings (SSSR count). The first-order valence-electron chi connectivity index (χ1n) is 13.3. The van der Waals surface area contributed by atoms with Crippen LogP contribution in [0.15, 0.2) is 152 Å². The average Bonchev–Trinajstić information content (AvgIpc) is 3.00. The molecule has 0 aliphatic carbocycles. The molecule has 0 atom stereocenters. The van der Waals surface area contributed by atoms with E-state index in [9.17, 15) is 0 Å². The van der Waals surface area contributed by atoms with Crippen molar-refractivity contribution in [3.05, 3.63) is 152 Å². The summed E-state index contributed by atoms with van der Waals surface area (Å²) in [5.74, 6) is 0. The van der Waals surface area contributed by atoms with E-state index in [1.54, 1.807) is 0 Å². The Morgan fingerprint density at radius 1 is 0.359 bits per heavy atom. The molecule has 7 aromatic carbocycles. The van der Waals surface area contributed by atoms with Crippen LogP contribution in [0.4, 0.5) is 28.4 Å². The van der Waals surface area contributed by atoms with E-state index in [4.69, 9.17) is 0 Å². The summed E-state index contributed by atoms with van der Waals surface area (Å²) in [5.41, 5.74) is 5.74. The van der Waals surface area contributed by atoms with Crippen LogP contribution in [0.3, 0.4) is 0 Å². The molecule has 7 aromatic rings. The standard InChI is InChI=1S/C37H28N2/c1-38(35-19-18-30-24-28-11-5-6-12-29(28)25-31(30)26-35)32-20-22-34(23-21-32)39(33-14-3-2-4-15-33)37-17-9-13-27-10-7-8-16-36(27)37/h2-26H,1H3. The number of nitrogens with zero attached hydrogens (tertiary/aromatic N) is 2. The smallest absolute Gasteiger partial charge is 0.0540 e. The van der Waals surface area contributed by atoms with Crippen molar-refractivity contribution in [3.63, 3.8) is 0 Å². The lowest BCUT2D eigenvalue weighted by atomic mass is 10.0. The summed E-state index contributed by atoms with van der Waals surface area (Å²) in [4.78, 5) is 4.59. The predicted octanol–water partition coefficient (Wildman–Crippen LogP) is 10.4. The minimum Gasteiger partial charge on any atom is -0.345 e. The molecule has 0 fully saturated rings. The molecular formula is C37H28N2. The van der Waals surface area contributed by atoms with Gasteiger partial charge >= 0.3 is 0 Å². The SMILES string of the molecule is CN(c1ccc(N(c2ccccc2)c2cccc3ccccc23)cc1)c1ccc2cc3ccccc3cc2c1. The Hall–Kier alpha value is -5.08. The summed E-state index contributed by atoms with van der Waals surface area (Å²) >= 11 is 0. The maximum Gasteiger partial charge on any atom is 0.0540 e. The van der Waals surface area contributed by atoms with Crippen molar-refractivity contribution < 1.29 is 0 Å². The van der Waals surface area contributed by atoms with E-state index >= 15 is 0 Å². The van der Waals surface area contributed by atoms with Crippen LogP contribution in [0.1, 0.15) is 0 Å². The van der Waals surface area contributed by atoms with Gasteiger partial charge in [-0.1, -0.05) is 84.9 Å². The number of rotatable bonds is 5. The second-order valence-corrected chi connectivity index (χ2v) is 9.98. The Morgan fingerprint density at radius 2 is 0.897 bits per heavy atom. The molecule has 0 amide bonds. The van der Waals surface area contributed by atoms with Crippen LogP contribution in [-0.4, -0.2) is 7.05 Å². The van der Waals surface area contributed by atoms with Crippen molar-refractivity contribution in [1.82, 2.24) is 0 Å². The van der Waals surface area contributed by atoms with Gasteiger partial charge in [0, 0.05) is 35.2 Å². The van der Waals surface area contributed by atoms with Crippen molar-refractivity contribution in [2.45, 2.75) is 0 Å². The molecule has 0 saturated heterocycles. The highest BCUT2D eigenvalue weighted by molar-refractivity contribution is 6.00. The molecule has 186 valence electrons. The molecule has 0 aliphatic heterocycles. The number of anilines is 5. The Kier molecular flexibility index (Phi) is 5.71. The highest BCUT2D eigenvalue weighted by Crippen LogP contribution is 2.39. The van der Waals surface area contributed by atoms with Crippen molar-refractivity contribution in [1.29, 1.82) is 0 Å². The lowest BCUT2D eigenvalue weighted by Crippen LogP contribution is -2.12. The predicted molar refractivity (Wildman–Crippen MR) is 168 cm³/mol. The Morgan fingerprint density at radius 3 is 1.67 bits per heavy atom. The number of benzene rings is 7. The van der Waals surface area contributed by atoms with Gasteiger partial charge in [-0.25, -0.2) is 0 Å². The second kappa shape index (κ2) is 9.66. The van der Waals surface area contributed by atoms with Crippen LogP contribution in [0, 0.1) is 0 Å². The highest BCUT2D eigenvalue weighted by Gasteiger charge is 2.15. The van der Waals surface area contributed by atoms with Crippen molar-refractivity contribution in [2.75, 3.05) is 16.8 Å². The lowest BCUT2D eigenvalue weighted by molar-refractivity contribution is 1.21. The van der Waals surface area contributed by atoms with Crippen LogP contribution < -0.4 is 9.80 Å². The molecule has 0 unspecified atom stereocenters. The van der Waals surface area contributed by atoms with Crippen LogP contribution >= 0.6 is 0 Å². The number of para-hydroxylation sites is 1. The molecule has 0 saturated carbocycles. The zero-order valence-electron chi connectivity index (χ0n) is 21.8. The first kappa shape index (κ1) is 23.1. The maximum absolute atomic E-state index is 2.34. The summed E-state index contributed by atoms with van der Waals surface area (Å²) in [6, 6.07) is 54.4. The van der Waals surface area contributed by atoms with Crippen molar-refractivity contribution in [2.24, 2.45) is 0 Å². The molecule has 0 aliphatic rings. The summed E-state index contributed by atoms with van der Waals surface area (Å²) in [5, 5.41) is 7.51. The maximum atomic E-state index is 2.34. The van der Waals surface area contributed by atoms with E-state index in [1.807, 2.05) is 0 Å². The number of fused-ring (bicyclic) bond motifs is 3. The van der Waals surface area contributed by atoms with Gasteiger partial charge in [0.1, 0.15) is 0 Å². The molecular weight excluding hydrogens is 472 g/mol. The zero-order valence-corrected chi connectivity index (χ0v) is 21.8. The van der Waals surface area contributed by atoms with Crippen LogP contribution in [0.2, 0.25) is 0 Å². The van der Waals surface area contributed by atoms with Gasteiger partial charge in [-0.05, 0) is 93.7 Å². The highest BCUT2D eigenvalue weighted by atomic mass is 15.1. The third-order valence-electron chi connectivity index (χ3n) is 7.59. The van der Waals surface area contributed by atoms with E-state index in [0.29, 0.717) is 0 Å². The molecule has 0 bridgehead atoms. The first-order valence-corrected chi connectivity index (χ1v) is 13.3. The largest absolute Gasteiger partial charge is 0.345 e. The van der Waals surface area contributed by atoms with Gasteiger partial charge in [-0.15, -0.1) is 0 Å². The molecule has 0 aromatic heterocycles. The fourth-order valence-corrected chi connectivity index (χ4v) is 5.52. The number of hydrogen-bond donors (Lipinski definition) is 0. The third-order valence-corrected chi connectivity index (χ3v) is 7.59.